The van der Waals surface area contributed by atoms with Crippen molar-refractivity contribution >= 4 is 35.1 Å². The van der Waals surface area contributed by atoms with Gasteiger partial charge in [-0.25, -0.2) is 9.37 Å². The van der Waals surface area contributed by atoms with Gasteiger partial charge in [0, 0.05) is 24.4 Å². The molecule has 3 aromatic heterocycles. The lowest BCUT2D eigenvalue weighted by Gasteiger charge is -2.07. The van der Waals surface area contributed by atoms with E-state index < -0.39 is 17.6 Å². The van der Waals surface area contributed by atoms with Gasteiger partial charge >= 0.3 is 6.18 Å². The summed E-state index contributed by atoms with van der Waals surface area (Å²) in [6.07, 6.45) is -1.50. The van der Waals surface area contributed by atoms with E-state index >= 15 is 0 Å². The van der Waals surface area contributed by atoms with Crippen LogP contribution in [0.3, 0.4) is 0 Å². The van der Waals surface area contributed by atoms with Crippen molar-refractivity contribution in [2.24, 2.45) is 0 Å². The van der Waals surface area contributed by atoms with E-state index in [0.29, 0.717) is 6.29 Å². The smallest absolute Gasteiger partial charge is 0.332 e. The molecule has 0 atom stereocenters. The zero-order chi connectivity index (χ0) is 22.3. The first-order chi connectivity index (χ1) is 14.7. The summed E-state index contributed by atoms with van der Waals surface area (Å²) < 4.78 is 59.5. The first kappa shape index (κ1) is 21.3. The number of hydrogen-bond donors (Lipinski definition) is 0. The molecule has 0 aliphatic heterocycles. The highest BCUT2D eigenvalue weighted by molar-refractivity contribution is 6.33. The lowest BCUT2D eigenvalue weighted by molar-refractivity contribution is -0.137. The Morgan fingerprint density at radius 2 is 1.87 bits per heavy atom. The number of aldehydes is 1. The van der Waals surface area contributed by atoms with Crippen LogP contribution in [0.1, 0.15) is 17.5 Å². The molecule has 0 N–H and O–H groups in total. The fourth-order valence-corrected chi connectivity index (χ4v) is 3.45. The third-order valence-electron chi connectivity index (χ3n) is 4.39. The van der Waals surface area contributed by atoms with E-state index in [1.54, 1.807) is 0 Å². The quantitative estimate of drug-likeness (QED) is 0.277. The van der Waals surface area contributed by atoms with Crippen LogP contribution < -0.4 is 0 Å². The zero-order valence-corrected chi connectivity index (χ0v) is 16.8. The summed E-state index contributed by atoms with van der Waals surface area (Å²) in [5.74, 6) is -0.753. The van der Waals surface area contributed by atoms with Gasteiger partial charge in [0.25, 0.3) is 5.89 Å². The summed E-state index contributed by atoms with van der Waals surface area (Å²) >= 11 is 12.1. The number of alkyl halides is 3. The first-order valence-electron chi connectivity index (χ1n) is 8.69. The Balaban J connectivity index is 1.71. The molecule has 0 aliphatic carbocycles. The SMILES string of the molecule is O=CCCc1cc(Cl)c(-c2noc(-c3cn4cc(C(F)(F)F)cc(Cl)c4n3)n2)cc1F. The standard InChI is InChI=1S/C19H10Cl2F4N4O2/c20-12-4-9(2-1-3-30)14(22)6-11(12)16-27-18(31-28-16)15-8-29-7-10(19(23,24)25)5-13(21)17(29)26-15/h3-8H,1-2H2. The minimum absolute atomic E-state index is 0.0417. The molecule has 4 rings (SSSR count). The van der Waals surface area contributed by atoms with Crippen molar-refractivity contribution in [1.82, 2.24) is 19.5 Å². The van der Waals surface area contributed by atoms with Crippen LogP contribution in [0.15, 0.2) is 35.1 Å². The van der Waals surface area contributed by atoms with Crippen LogP contribution in [-0.2, 0) is 17.4 Å². The van der Waals surface area contributed by atoms with Crippen molar-refractivity contribution in [2.45, 2.75) is 19.0 Å². The number of pyridine rings is 1. The molecule has 0 fully saturated rings. The molecule has 160 valence electrons. The third-order valence-corrected chi connectivity index (χ3v) is 4.98. The van der Waals surface area contributed by atoms with Crippen molar-refractivity contribution in [3.63, 3.8) is 0 Å². The van der Waals surface area contributed by atoms with Crippen molar-refractivity contribution in [2.75, 3.05) is 0 Å². The highest BCUT2D eigenvalue weighted by Crippen LogP contribution is 2.34. The second kappa shape index (κ2) is 7.93. The second-order valence-corrected chi connectivity index (χ2v) is 7.30. The van der Waals surface area contributed by atoms with Gasteiger partial charge in [-0.05, 0) is 30.2 Å². The zero-order valence-electron chi connectivity index (χ0n) is 15.3. The van der Waals surface area contributed by atoms with E-state index in [1.807, 2.05) is 0 Å². The molecule has 1 aromatic carbocycles. The van der Waals surface area contributed by atoms with Crippen molar-refractivity contribution in [3.8, 4) is 23.0 Å². The topological polar surface area (TPSA) is 73.3 Å². The molecule has 0 bridgehead atoms. The van der Waals surface area contributed by atoms with Gasteiger partial charge in [-0.2, -0.15) is 18.2 Å². The number of halogens is 6. The highest BCUT2D eigenvalue weighted by Gasteiger charge is 2.32. The molecule has 0 spiro atoms. The number of rotatable bonds is 5. The van der Waals surface area contributed by atoms with Gasteiger partial charge < -0.3 is 13.7 Å². The largest absolute Gasteiger partial charge is 0.417 e. The lowest BCUT2D eigenvalue weighted by Crippen LogP contribution is -2.06. The maximum atomic E-state index is 14.3. The number of aromatic nitrogens is 4. The molecule has 0 aliphatic rings. The number of benzene rings is 1. The fraction of sp³-hybridized carbons (Fsp3) is 0.158. The Kier molecular flexibility index (Phi) is 5.44. The summed E-state index contributed by atoms with van der Waals surface area (Å²) in [5.41, 5.74) is -0.408. The number of imidazole rings is 1. The summed E-state index contributed by atoms with van der Waals surface area (Å²) in [4.78, 5) is 18.7. The van der Waals surface area contributed by atoms with Crippen molar-refractivity contribution < 1.29 is 26.9 Å². The molecule has 4 aromatic rings. The summed E-state index contributed by atoms with van der Waals surface area (Å²) in [7, 11) is 0. The minimum atomic E-state index is -4.58. The Hall–Kier alpha value is -2.98. The number of hydrogen-bond acceptors (Lipinski definition) is 5. The average molecular weight is 473 g/mol. The van der Waals surface area contributed by atoms with Crippen molar-refractivity contribution in [1.29, 1.82) is 0 Å². The van der Waals surface area contributed by atoms with Crippen LogP contribution >= 0.6 is 23.2 Å². The van der Waals surface area contributed by atoms with Crippen LogP contribution in [0.4, 0.5) is 17.6 Å². The Bertz CT molecular complexity index is 1300. The van der Waals surface area contributed by atoms with Crippen LogP contribution in [0.5, 0.6) is 0 Å². The number of carbonyl (C=O) groups is 1. The van der Waals surface area contributed by atoms with Gasteiger partial charge in [0.15, 0.2) is 5.65 Å². The van der Waals surface area contributed by atoms with E-state index in [9.17, 15) is 22.4 Å². The fourth-order valence-electron chi connectivity index (χ4n) is 2.92. The molecule has 0 saturated carbocycles. The Morgan fingerprint density at radius 3 is 2.58 bits per heavy atom. The van der Waals surface area contributed by atoms with Gasteiger partial charge in [-0.15, -0.1) is 0 Å². The molecule has 31 heavy (non-hydrogen) atoms. The van der Waals surface area contributed by atoms with Gasteiger partial charge in [-0.1, -0.05) is 28.4 Å². The van der Waals surface area contributed by atoms with Crippen LogP contribution in [-0.4, -0.2) is 25.8 Å². The van der Waals surface area contributed by atoms with Gasteiger partial charge in [0.2, 0.25) is 5.82 Å². The number of nitrogens with zero attached hydrogens (tertiary/aromatic N) is 4. The molecular formula is C19H10Cl2F4N4O2. The Morgan fingerprint density at radius 1 is 1.10 bits per heavy atom. The first-order valence-corrected chi connectivity index (χ1v) is 9.44. The van der Waals surface area contributed by atoms with Crippen LogP contribution in [0.2, 0.25) is 10.0 Å². The molecule has 0 radical (unpaired) electrons. The van der Waals surface area contributed by atoms with E-state index in [-0.39, 0.29) is 57.1 Å². The molecule has 0 amide bonds. The van der Waals surface area contributed by atoms with E-state index in [4.69, 9.17) is 27.7 Å². The monoisotopic (exact) mass is 472 g/mol. The van der Waals surface area contributed by atoms with Gasteiger partial charge in [0.05, 0.1) is 15.6 Å². The molecule has 0 saturated heterocycles. The molecule has 3 heterocycles. The maximum absolute atomic E-state index is 14.3. The summed E-state index contributed by atoms with van der Waals surface area (Å²) in [6, 6.07) is 3.25. The number of fused-ring (bicyclic) bond motifs is 1. The number of aryl methyl sites for hydroxylation is 1. The summed E-state index contributed by atoms with van der Waals surface area (Å²) in [6.45, 7) is 0. The molecule has 12 heteroatoms. The molecule has 6 nitrogen and oxygen atoms in total. The van der Waals surface area contributed by atoms with E-state index in [1.165, 1.54) is 12.3 Å². The van der Waals surface area contributed by atoms with E-state index in [2.05, 4.69) is 15.1 Å². The second-order valence-electron chi connectivity index (χ2n) is 6.48. The average Bonchev–Trinajstić information content (AvgIpc) is 3.34. The van der Waals surface area contributed by atoms with Crippen molar-refractivity contribution in [3.05, 3.63) is 57.6 Å². The predicted molar refractivity (Wildman–Crippen MR) is 103 cm³/mol. The minimum Gasteiger partial charge on any atom is -0.332 e. The van der Waals surface area contributed by atoms with Gasteiger partial charge in [0.1, 0.15) is 17.8 Å². The third kappa shape index (κ3) is 4.13. The normalized spacial score (nSPS) is 11.9. The van der Waals surface area contributed by atoms with Crippen LogP contribution in [0.25, 0.3) is 28.6 Å². The van der Waals surface area contributed by atoms with E-state index in [0.717, 1.165) is 22.7 Å². The highest BCUT2D eigenvalue weighted by atomic mass is 35.5. The summed E-state index contributed by atoms with van der Waals surface area (Å²) in [5, 5.41) is 3.68. The maximum Gasteiger partial charge on any atom is 0.417 e. The Labute approximate surface area is 181 Å². The van der Waals surface area contributed by atoms with Crippen LogP contribution in [0, 0.1) is 5.82 Å². The molecule has 0 unspecified atom stereocenters. The van der Waals surface area contributed by atoms with Gasteiger partial charge in [-0.3, -0.25) is 0 Å². The predicted octanol–water partition coefficient (Wildman–Crippen LogP) is 5.65. The number of carbonyl (C=O) groups excluding carboxylic acids is 1. The molecular weight excluding hydrogens is 463 g/mol. The lowest BCUT2D eigenvalue weighted by atomic mass is 10.1.